The number of aromatic nitrogens is 3. The number of primary sulfonamides is 1. The molecule has 2 aromatic rings. The number of hydrogen-bond donors (Lipinski definition) is 2. The number of nitrogen functional groups attached to an aromatic ring is 1. The van der Waals surface area contributed by atoms with Gasteiger partial charge in [-0.1, -0.05) is 0 Å². The van der Waals surface area contributed by atoms with Crippen molar-refractivity contribution in [3.05, 3.63) is 24.5 Å². The van der Waals surface area contributed by atoms with Gasteiger partial charge in [0.05, 0.1) is 4.90 Å². The van der Waals surface area contributed by atoms with Gasteiger partial charge in [-0.2, -0.15) is 5.10 Å². The Balaban J connectivity index is 2.42. The number of aryl methyl sites for hydroxylation is 1. The van der Waals surface area contributed by atoms with Crippen LogP contribution in [-0.2, 0) is 17.1 Å². The smallest absolute Gasteiger partial charge is 0.238 e. The van der Waals surface area contributed by atoms with Crippen molar-refractivity contribution in [2.45, 2.75) is 14.9 Å². The Morgan fingerprint density at radius 1 is 1.39 bits per heavy atom. The van der Waals surface area contributed by atoms with Crippen LogP contribution in [0.4, 0.5) is 5.69 Å². The number of nitrogens with two attached hydrogens (primary N) is 2. The summed E-state index contributed by atoms with van der Waals surface area (Å²) in [6, 6.07) is 4.29. The summed E-state index contributed by atoms with van der Waals surface area (Å²) >= 11 is 1.22. The van der Waals surface area contributed by atoms with Gasteiger partial charge in [-0.05, 0) is 30.0 Å². The Labute approximate surface area is 108 Å². The van der Waals surface area contributed by atoms with Gasteiger partial charge in [0.25, 0.3) is 0 Å². The average Bonchev–Trinajstić information content (AvgIpc) is 2.66. The van der Waals surface area contributed by atoms with Crippen LogP contribution in [0.25, 0.3) is 0 Å². The number of nitrogens with zero attached hydrogens (tertiary/aromatic N) is 3. The molecule has 1 heterocycles. The standard InChI is InChI=1S/C9H11N5O2S2/c1-14-9(12-5-13-14)17-8-4-6(18(11,15)16)2-3-7(8)10/h2-5H,10H2,1H3,(H2,11,15,16). The van der Waals surface area contributed by atoms with Gasteiger partial charge in [-0.15, -0.1) is 0 Å². The van der Waals surface area contributed by atoms with Crippen LogP contribution in [0.5, 0.6) is 0 Å². The van der Waals surface area contributed by atoms with Crippen molar-refractivity contribution in [2.24, 2.45) is 12.2 Å². The van der Waals surface area contributed by atoms with E-state index in [1.807, 2.05) is 0 Å². The molecule has 0 saturated heterocycles. The second-order valence-corrected chi connectivity index (χ2v) is 6.08. The lowest BCUT2D eigenvalue weighted by Gasteiger charge is -2.06. The molecule has 96 valence electrons. The molecule has 0 bridgehead atoms. The quantitative estimate of drug-likeness (QED) is 0.778. The summed E-state index contributed by atoms with van der Waals surface area (Å²) in [6.07, 6.45) is 1.40. The maximum atomic E-state index is 11.3. The summed E-state index contributed by atoms with van der Waals surface area (Å²) < 4.78 is 24.1. The second kappa shape index (κ2) is 4.59. The molecule has 0 fully saturated rings. The van der Waals surface area contributed by atoms with Crippen molar-refractivity contribution in [2.75, 3.05) is 5.73 Å². The Kier molecular flexibility index (Phi) is 3.28. The van der Waals surface area contributed by atoms with Crippen LogP contribution in [0.15, 0.2) is 39.5 Å². The number of anilines is 1. The van der Waals surface area contributed by atoms with E-state index in [9.17, 15) is 8.42 Å². The largest absolute Gasteiger partial charge is 0.398 e. The van der Waals surface area contributed by atoms with Crippen molar-refractivity contribution in [3.8, 4) is 0 Å². The van der Waals surface area contributed by atoms with Gasteiger partial charge in [-0.25, -0.2) is 23.2 Å². The molecule has 9 heteroatoms. The van der Waals surface area contributed by atoms with Crippen LogP contribution in [0.3, 0.4) is 0 Å². The molecule has 0 atom stereocenters. The van der Waals surface area contributed by atoms with Crippen molar-refractivity contribution in [1.82, 2.24) is 14.8 Å². The topological polar surface area (TPSA) is 117 Å². The molecular weight excluding hydrogens is 274 g/mol. The zero-order chi connectivity index (χ0) is 13.3. The lowest BCUT2D eigenvalue weighted by molar-refractivity contribution is 0.597. The summed E-state index contributed by atoms with van der Waals surface area (Å²) in [5.41, 5.74) is 6.24. The van der Waals surface area contributed by atoms with Crippen LogP contribution in [0, 0.1) is 0 Å². The first-order valence-corrected chi connectivity index (χ1v) is 7.18. The second-order valence-electron chi connectivity index (χ2n) is 3.51. The maximum Gasteiger partial charge on any atom is 0.238 e. The van der Waals surface area contributed by atoms with Crippen LogP contribution < -0.4 is 10.9 Å². The van der Waals surface area contributed by atoms with E-state index in [1.54, 1.807) is 11.7 Å². The Morgan fingerprint density at radius 3 is 2.67 bits per heavy atom. The maximum absolute atomic E-state index is 11.3. The van der Waals surface area contributed by atoms with Gasteiger partial charge in [0, 0.05) is 17.6 Å². The number of rotatable bonds is 3. The zero-order valence-electron chi connectivity index (χ0n) is 9.44. The van der Waals surface area contributed by atoms with E-state index in [-0.39, 0.29) is 4.90 Å². The van der Waals surface area contributed by atoms with Gasteiger partial charge >= 0.3 is 0 Å². The summed E-state index contributed by atoms with van der Waals surface area (Å²) in [4.78, 5) is 4.60. The minimum Gasteiger partial charge on any atom is -0.398 e. The first-order valence-electron chi connectivity index (χ1n) is 4.82. The molecule has 7 nitrogen and oxygen atoms in total. The van der Waals surface area contributed by atoms with Gasteiger partial charge in [0.2, 0.25) is 10.0 Å². The predicted octanol–water partition coefficient (Wildman–Crippen LogP) is 0.196. The fraction of sp³-hybridized carbons (Fsp3) is 0.111. The highest BCUT2D eigenvalue weighted by Crippen LogP contribution is 2.31. The highest BCUT2D eigenvalue weighted by molar-refractivity contribution is 7.99. The first kappa shape index (κ1) is 12.9. The molecule has 1 aromatic heterocycles. The monoisotopic (exact) mass is 285 g/mol. The summed E-state index contributed by atoms with van der Waals surface area (Å²) in [7, 11) is -2.01. The van der Waals surface area contributed by atoms with Crippen molar-refractivity contribution in [3.63, 3.8) is 0 Å². The molecule has 0 aliphatic rings. The molecular formula is C9H11N5O2S2. The summed E-state index contributed by atoms with van der Waals surface area (Å²) in [5, 5.41) is 9.59. The first-order chi connectivity index (χ1) is 8.38. The minimum atomic E-state index is -3.74. The molecule has 0 radical (unpaired) electrons. The van der Waals surface area contributed by atoms with Gasteiger partial charge in [0.1, 0.15) is 6.33 Å². The lowest BCUT2D eigenvalue weighted by atomic mass is 10.3. The summed E-state index contributed by atoms with van der Waals surface area (Å²) in [6.45, 7) is 0. The molecule has 0 aliphatic heterocycles. The Hall–Kier alpha value is -1.58. The Bertz CT molecular complexity index is 680. The minimum absolute atomic E-state index is 0.0152. The summed E-state index contributed by atoms with van der Waals surface area (Å²) in [5.74, 6) is 0. The van der Waals surface area contributed by atoms with E-state index in [4.69, 9.17) is 10.9 Å². The fourth-order valence-electron chi connectivity index (χ4n) is 1.26. The third-order valence-corrected chi connectivity index (χ3v) is 4.22. The van der Waals surface area contributed by atoms with Gasteiger partial charge in [-0.3, -0.25) is 0 Å². The normalized spacial score (nSPS) is 11.7. The molecule has 0 unspecified atom stereocenters. The molecule has 2 rings (SSSR count). The number of sulfonamides is 1. The molecule has 18 heavy (non-hydrogen) atoms. The van der Waals surface area contributed by atoms with E-state index in [0.29, 0.717) is 15.7 Å². The SMILES string of the molecule is Cn1ncnc1Sc1cc(S(N)(=O)=O)ccc1N. The highest BCUT2D eigenvalue weighted by Gasteiger charge is 2.12. The number of hydrogen-bond acceptors (Lipinski definition) is 6. The predicted molar refractivity (Wildman–Crippen MR) is 67.4 cm³/mol. The van der Waals surface area contributed by atoms with Crippen molar-refractivity contribution >= 4 is 27.5 Å². The third-order valence-electron chi connectivity index (χ3n) is 2.18. The van der Waals surface area contributed by atoms with E-state index in [1.165, 1.54) is 36.3 Å². The zero-order valence-corrected chi connectivity index (χ0v) is 11.1. The Morgan fingerprint density at radius 2 is 2.11 bits per heavy atom. The van der Waals surface area contributed by atoms with Gasteiger partial charge < -0.3 is 5.73 Å². The van der Waals surface area contributed by atoms with Crippen molar-refractivity contribution in [1.29, 1.82) is 0 Å². The molecule has 0 amide bonds. The molecule has 0 aliphatic carbocycles. The molecule has 0 spiro atoms. The molecule has 4 N–H and O–H groups in total. The van der Waals surface area contributed by atoms with Gasteiger partial charge in [0.15, 0.2) is 5.16 Å². The highest BCUT2D eigenvalue weighted by atomic mass is 32.2. The van der Waals surface area contributed by atoms with Crippen LogP contribution >= 0.6 is 11.8 Å². The average molecular weight is 285 g/mol. The fourth-order valence-corrected chi connectivity index (χ4v) is 2.72. The van der Waals surface area contributed by atoms with Crippen LogP contribution in [0.1, 0.15) is 0 Å². The number of benzene rings is 1. The van der Waals surface area contributed by atoms with E-state index < -0.39 is 10.0 Å². The van der Waals surface area contributed by atoms with Crippen molar-refractivity contribution < 1.29 is 8.42 Å². The van der Waals surface area contributed by atoms with Crippen LogP contribution in [0.2, 0.25) is 0 Å². The lowest BCUT2D eigenvalue weighted by Crippen LogP contribution is -2.12. The molecule has 1 aromatic carbocycles. The molecule has 0 saturated carbocycles. The van der Waals surface area contributed by atoms with Crippen LogP contribution in [-0.4, -0.2) is 23.2 Å². The van der Waals surface area contributed by atoms with E-state index >= 15 is 0 Å². The third kappa shape index (κ3) is 2.63. The van der Waals surface area contributed by atoms with E-state index in [0.717, 1.165) is 0 Å². The van der Waals surface area contributed by atoms with E-state index in [2.05, 4.69) is 10.1 Å².